The van der Waals surface area contributed by atoms with Gasteiger partial charge in [-0.3, -0.25) is 14.2 Å². The number of benzene rings is 2. The van der Waals surface area contributed by atoms with Crippen LogP contribution in [0, 0.1) is 6.92 Å². The van der Waals surface area contributed by atoms with Crippen LogP contribution in [0.2, 0.25) is 0 Å². The first-order valence-corrected chi connectivity index (χ1v) is 11.3. The summed E-state index contributed by atoms with van der Waals surface area (Å²) in [5, 5.41) is 5.60. The highest BCUT2D eigenvalue weighted by atomic mass is 32.1. The standard InChI is InChI=1S/C24H21N3O6S/c1-3-32-23(30)19-14(2)20(21(29)25-15-9-5-4-6-10-15)34-22(19)26-18(28)13-27-16-11-7-8-12-17(16)33-24(27)31/h4-12H,3,13H2,1-2H3,(H,25,29)(H,26,28). The predicted octanol–water partition coefficient (Wildman–Crippen LogP) is 4.03. The van der Waals surface area contributed by atoms with Crippen LogP contribution in [0.4, 0.5) is 10.7 Å². The Bertz CT molecular complexity index is 1430. The summed E-state index contributed by atoms with van der Waals surface area (Å²) in [5.74, 6) is -2.31. The largest absolute Gasteiger partial charge is 0.462 e. The molecule has 4 rings (SSSR count). The van der Waals surface area contributed by atoms with Crippen LogP contribution >= 0.6 is 11.3 Å². The van der Waals surface area contributed by atoms with Crippen molar-refractivity contribution in [3.63, 3.8) is 0 Å². The van der Waals surface area contributed by atoms with Crippen molar-refractivity contribution >= 4 is 50.9 Å². The van der Waals surface area contributed by atoms with Crippen molar-refractivity contribution in [3.05, 3.63) is 81.2 Å². The summed E-state index contributed by atoms with van der Waals surface area (Å²) in [4.78, 5) is 50.8. The topological polar surface area (TPSA) is 120 Å². The molecule has 0 saturated carbocycles. The van der Waals surface area contributed by atoms with E-state index < -0.39 is 23.5 Å². The third-order valence-corrected chi connectivity index (χ3v) is 6.20. The summed E-state index contributed by atoms with van der Waals surface area (Å²) in [7, 11) is 0. The summed E-state index contributed by atoms with van der Waals surface area (Å²) in [5.41, 5.74) is 1.91. The lowest BCUT2D eigenvalue weighted by Crippen LogP contribution is -2.25. The zero-order valence-electron chi connectivity index (χ0n) is 18.4. The number of amides is 2. The molecular formula is C24H21N3O6S. The quantitative estimate of drug-likeness (QED) is 0.386. The van der Waals surface area contributed by atoms with E-state index in [1.54, 1.807) is 62.4 Å². The number of hydrogen-bond acceptors (Lipinski definition) is 7. The van der Waals surface area contributed by atoms with Crippen molar-refractivity contribution in [1.29, 1.82) is 0 Å². The van der Waals surface area contributed by atoms with E-state index in [1.807, 2.05) is 6.07 Å². The first-order chi connectivity index (χ1) is 16.4. The number of carbonyl (C=O) groups is 3. The molecular weight excluding hydrogens is 458 g/mol. The first kappa shape index (κ1) is 23.0. The Hall–Kier alpha value is -4.18. The molecule has 2 aromatic carbocycles. The number of para-hydroxylation sites is 3. The van der Waals surface area contributed by atoms with Gasteiger partial charge in [-0.25, -0.2) is 9.59 Å². The van der Waals surface area contributed by atoms with Gasteiger partial charge in [0.2, 0.25) is 5.91 Å². The van der Waals surface area contributed by atoms with Crippen LogP contribution in [0.5, 0.6) is 0 Å². The van der Waals surface area contributed by atoms with Gasteiger partial charge in [-0.15, -0.1) is 11.3 Å². The number of fused-ring (bicyclic) bond motifs is 1. The van der Waals surface area contributed by atoms with E-state index in [2.05, 4.69) is 10.6 Å². The fraction of sp³-hybridized carbons (Fsp3) is 0.167. The minimum atomic E-state index is -0.674. The van der Waals surface area contributed by atoms with Gasteiger partial charge in [-0.05, 0) is 43.7 Å². The number of esters is 1. The van der Waals surface area contributed by atoms with Crippen LogP contribution in [-0.2, 0) is 16.1 Å². The molecule has 2 amide bonds. The van der Waals surface area contributed by atoms with Gasteiger partial charge in [0.05, 0.1) is 22.6 Å². The molecule has 0 spiro atoms. The SMILES string of the molecule is CCOC(=O)c1c(NC(=O)Cn2c(=O)oc3ccccc32)sc(C(=O)Nc2ccccc2)c1C. The van der Waals surface area contributed by atoms with Gasteiger partial charge >= 0.3 is 11.7 Å². The molecule has 0 fully saturated rings. The first-order valence-electron chi connectivity index (χ1n) is 10.4. The molecule has 0 aliphatic carbocycles. The second-order valence-electron chi connectivity index (χ2n) is 7.27. The fourth-order valence-corrected chi connectivity index (χ4v) is 4.56. The Morgan fingerprint density at radius 2 is 1.74 bits per heavy atom. The summed E-state index contributed by atoms with van der Waals surface area (Å²) < 4.78 is 11.5. The predicted molar refractivity (Wildman–Crippen MR) is 129 cm³/mol. The molecule has 2 heterocycles. The number of anilines is 2. The van der Waals surface area contributed by atoms with E-state index in [9.17, 15) is 19.2 Å². The Labute approximate surface area is 198 Å². The Balaban J connectivity index is 1.63. The van der Waals surface area contributed by atoms with E-state index in [4.69, 9.17) is 9.15 Å². The van der Waals surface area contributed by atoms with Gasteiger partial charge < -0.3 is 19.8 Å². The van der Waals surface area contributed by atoms with E-state index in [-0.39, 0.29) is 28.6 Å². The van der Waals surface area contributed by atoms with Gasteiger partial charge in [-0.2, -0.15) is 0 Å². The van der Waals surface area contributed by atoms with Crippen molar-refractivity contribution in [1.82, 2.24) is 4.57 Å². The number of rotatable bonds is 7. The zero-order valence-corrected chi connectivity index (χ0v) is 19.2. The van der Waals surface area contributed by atoms with Crippen LogP contribution in [-0.4, -0.2) is 29.0 Å². The number of nitrogens with one attached hydrogen (secondary N) is 2. The molecule has 0 radical (unpaired) electrons. The molecule has 174 valence electrons. The van der Waals surface area contributed by atoms with Crippen LogP contribution in [0.25, 0.3) is 11.1 Å². The minimum absolute atomic E-state index is 0.0998. The zero-order chi connectivity index (χ0) is 24.2. The summed E-state index contributed by atoms with van der Waals surface area (Å²) in [6.45, 7) is 3.08. The monoisotopic (exact) mass is 479 g/mol. The highest BCUT2D eigenvalue weighted by Crippen LogP contribution is 2.34. The van der Waals surface area contributed by atoms with Crippen LogP contribution < -0.4 is 16.4 Å². The van der Waals surface area contributed by atoms with Crippen molar-refractivity contribution in [2.45, 2.75) is 20.4 Å². The van der Waals surface area contributed by atoms with Crippen molar-refractivity contribution in [3.8, 4) is 0 Å². The molecule has 2 aromatic heterocycles. The van der Waals surface area contributed by atoms with Crippen LogP contribution in [0.1, 0.15) is 32.5 Å². The molecule has 0 bridgehead atoms. The van der Waals surface area contributed by atoms with Gasteiger partial charge in [0.15, 0.2) is 5.58 Å². The minimum Gasteiger partial charge on any atom is -0.462 e. The lowest BCUT2D eigenvalue weighted by Gasteiger charge is -2.07. The van der Waals surface area contributed by atoms with Crippen LogP contribution in [0.15, 0.2) is 63.8 Å². The number of nitrogens with zero attached hydrogens (tertiary/aromatic N) is 1. The van der Waals surface area contributed by atoms with E-state index >= 15 is 0 Å². The average molecular weight is 480 g/mol. The third-order valence-electron chi connectivity index (χ3n) is 4.99. The second-order valence-corrected chi connectivity index (χ2v) is 8.29. The Morgan fingerprint density at radius 1 is 1.03 bits per heavy atom. The number of thiophene rings is 1. The Kier molecular flexibility index (Phi) is 6.60. The molecule has 2 N–H and O–H groups in total. The second kappa shape index (κ2) is 9.75. The lowest BCUT2D eigenvalue weighted by molar-refractivity contribution is -0.116. The van der Waals surface area contributed by atoms with Gasteiger partial charge in [0, 0.05) is 5.69 Å². The molecule has 10 heteroatoms. The molecule has 0 aliphatic heterocycles. The highest BCUT2D eigenvalue weighted by molar-refractivity contribution is 7.18. The van der Waals surface area contributed by atoms with Gasteiger partial charge in [0.1, 0.15) is 11.5 Å². The smallest absolute Gasteiger partial charge is 0.420 e. The number of carbonyl (C=O) groups excluding carboxylic acids is 3. The molecule has 34 heavy (non-hydrogen) atoms. The van der Waals surface area contributed by atoms with Gasteiger partial charge in [-0.1, -0.05) is 30.3 Å². The maximum Gasteiger partial charge on any atom is 0.420 e. The van der Waals surface area contributed by atoms with Crippen molar-refractivity contribution < 1.29 is 23.5 Å². The summed E-state index contributed by atoms with van der Waals surface area (Å²) >= 11 is 0.961. The molecule has 9 nitrogen and oxygen atoms in total. The maximum absolute atomic E-state index is 12.9. The highest BCUT2D eigenvalue weighted by Gasteiger charge is 2.27. The summed E-state index contributed by atoms with van der Waals surface area (Å²) in [6, 6.07) is 15.6. The summed E-state index contributed by atoms with van der Waals surface area (Å²) in [6.07, 6.45) is 0. The fourth-order valence-electron chi connectivity index (χ4n) is 3.45. The van der Waals surface area contributed by atoms with E-state index in [1.165, 1.54) is 4.57 Å². The molecule has 4 aromatic rings. The van der Waals surface area contributed by atoms with Crippen molar-refractivity contribution in [2.75, 3.05) is 17.2 Å². The van der Waals surface area contributed by atoms with Crippen LogP contribution in [0.3, 0.4) is 0 Å². The molecule has 0 aliphatic rings. The normalized spacial score (nSPS) is 10.8. The molecule has 0 saturated heterocycles. The maximum atomic E-state index is 12.9. The third kappa shape index (κ3) is 4.62. The Morgan fingerprint density at radius 3 is 2.47 bits per heavy atom. The van der Waals surface area contributed by atoms with E-state index in [0.717, 1.165) is 11.3 Å². The van der Waals surface area contributed by atoms with Gasteiger partial charge in [0.25, 0.3) is 5.91 Å². The number of ether oxygens (including phenoxy) is 1. The number of hydrogen-bond donors (Lipinski definition) is 2. The average Bonchev–Trinajstić information content (AvgIpc) is 3.30. The van der Waals surface area contributed by atoms with E-state index in [0.29, 0.717) is 22.4 Å². The number of oxazole rings is 1. The van der Waals surface area contributed by atoms with Crippen molar-refractivity contribution in [2.24, 2.45) is 0 Å². The number of aromatic nitrogens is 1. The lowest BCUT2D eigenvalue weighted by atomic mass is 10.1. The molecule has 0 atom stereocenters. The molecule has 0 unspecified atom stereocenters.